The highest BCUT2D eigenvalue weighted by Gasteiger charge is 2.46. The van der Waals surface area contributed by atoms with Gasteiger partial charge in [0.05, 0.1) is 5.41 Å². The smallest absolute Gasteiger partial charge is 0.159 e. The number of hydrogen-bond acceptors (Lipinski definition) is 0. The van der Waals surface area contributed by atoms with E-state index in [9.17, 15) is 0 Å². The lowest BCUT2D eigenvalue weighted by Crippen LogP contribution is -2.28. The Morgan fingerprint density at radius 2 is 0.902 bits per heavy atom. The molecule has 1 aliphatic rings. The summed E-state index contributed by atoms with van der Waals surface area (Å²) in [6, 6.07) is 62.2. The zero-order chi connectivity index (χ0) is 34.1. The van der Waals surface area contributed by atoms with E-state index in [1.165, 1.54) is 34.0 Å². The molecular weight excluding hydrogens is 627 g/mol. The Morgan fingerprint density at radius 1 is 0.333 bits per heavy atom. The van der Waals surface area contributed by atoms with Gasteiger partial charge in [-0.3, -0.25) is 0 Å². The highest BCUT2D eigenvalue weighted by atomic mass is 19.2. The number of fused-ring (bicyclic) bond motifs is 8. The molecule has 0 saturated carbocycles. The molecule has 0 spiro atoms. The zero-order valence-electron chi connectivity index (χ0n) is 27.6. The monoisotopic (exact) mass is 656 g/mol. The zero-order valence-corrected chi connectivity index (χ0v) is 27.6. The Labute approximate surface area is 294 Å². The molecule has 0 aliphatic heterocycles. The van der Waals surface area contributed by atoms with Gasteiger partial charge in [-0.25, -0.2) is 8.78 Å². The van der Waals surface area contributed by atoms with Crippen LogP contribution in [0.5, 0.6) is 0 Å². The van der Waals surface area contributed by atoms with Crippen LogP contribution in [0.1, 0.15) is 22.3 Å². The van der Waals surface area contributed by atoms with Crippen LogP contribution in [-0.2, 0) is 5.41 Å². The molecule has 0 heterocycles. The SMILES string of the molecule is Fc1cc(-c2ccc3c(c2)C(c2ccccc2)(c2ccccc2)c2ccc4ccccc4c2-3)c(-c2cc3ccccc3c3ccccc23)cc1F. The van der Waals surface area contributed by atoms with Gasteiger partial charge >= 0.3 is 0 Å². The largest absolute Gasteiger partial charge is 0.204 e. The minimum absolute atomic E-state index is 0.646. The first kappa shape index (κ1) is 29.5. The third-order valence-electron chi connectivity index (χ3n) is 10.9. The summed E-state index contributed by atoms with van der Waals surface area (Å²) < 4.78 is 30.9. The van der Waals surface area contributed by atoms with E-state index >= 15 is 8.78 Å². The fourth-order valence-corrected chi connectivity index (χ4v) is 8.71. The minimum Gasteiger partial charge on any atom is -0.204 e. The fourth-order valence-electron chi connectivity index (χ4n) is 8.71. The first-order valence-electron chi connectivity index (χ1n) is 17.3. The second-order valence-corrected chi connectivity index (χ2v) is 13.5. The lowest BCUT2D eigenvalue weighted by atomic mass is 9.67. The van der Waals surface area contributed by atoms with Gasteiger partial charge < -0.3 is 0 Å². The molecule has 240 valence electrons. The molecule has 0 bridgehead atoms. The van der Waals surface area contributed by atoms with Gasteiger partial charge in [-0.2, -0.15) is 0 Å². The van der Waals surface area contributed by atoms with Crippen molar-refractivity contribution in [3.05, 3.63) is 216 Å². The lowest BCUT2D eigenvalue weighted by molar-refractivity contribution is 0.509. The molecule has 10 rings (SSSR count). The van der Waals surface area contributed by atoms with E-state index in [0.717, 1.165) is 54.9 Å². The Hall–Kier alpha value is -6.38. The summed E-state index contributed by atoms with van der Waals surface area (Å²) in [5, 5.41) is 6.60. The molecule has 9 aromatic rings. The van der Waals surface area contributed by atoms with E-state index in [4.69, 9.17) is 0 Å². The number of halogens is 2. The Balaban J connectivity index is 1.31. The van der Waals surface area contributed by atoms with E-state index in [2.05, 4.69) is 146 Å². The summed E-state index contributed by atoms with van der Waals surface area (Å²) in [6.07, 6.45) is 0. The van der Waals surface area contributed by atoms with Gasteiger partial charge in [0.1, 0.15) is 0 Å². The highest BCUT2D eigenvalue weighted by molar-refractivity contribution is 6.15. The van der Waals surface area contributed by atoms with Crippen molar-refractivity contribution in [3.8, 4) is 33.4 Å². The summed E-state index contributed by atoms with van der Waals surface area (Å²) in [4.78, 5) is 0. The van der Waals surface area contributed by atoms with E-state index in [0.29, 0.717) is 11.1 Å². The molecule has 0 unspecified atom stereocenters. The van der Waals surface area contributed by atoms with E-state index in [1.807, 2.05) is 24.3 Å². The highest BCUT2D eigenvalue weighted by Crippen LogP contribution is 2.58. The average Bonchev–Trinajstić information content (AvgIpc) is 3.50. The molecule has 0 atom stereocenters. The number of benzene rings is 9. The normalized spacial score (nSPS) is 13.1. The first-order chi connectivity index (χ1) is 25.1. The van der Waals surface area contributed by atoms with Crippen LogP contribution in [0.4, 0.5) is 8.78 Å². The predicted molar refractivity (Wildman–Crippen MR) is 207 cm³/mol. The standard InChI is InChI=1S/C49H30F2/c50-46-29-41(43(30-47(46)51)42-27-32-14-8-9-19-36(32)38-21-11-12-22-39(38)42)33-23-25-40-45(28-33)49(34-15-3-1-4-16-34,35-17-5-2-6-18-35)44-26-24-31-13-7-10-20-37(31)48(40)44/h1-30H. The molecule has 0 aromatic heterocycles. The van der Waals surface area contributed by atoms with Crippen LogP contribution in [0, 0.1) is 11.6 Å². The van der Waals surface area contributed by atoms with Crippen molar-refractivity contribution in [1.82, 2.24) is 0 Å². The van der Waals surface area contributed by atoms with Crippen molar-refractivity contribution < 1.29 is 8.78 Å². The van der Waals surface area contributed by atoms with Crippen LogP contribution in [0.25, 0.3) is 65.7 Å². The maximum absolute atomic E-state index is 15.5. The van der Waals surface area contributed by atoms with Gasteiger partial charge in [0.25, 0.3) is 0 Å². The van der Waals surface area contributed by atoms with Gasteiger partial charge in [-0.15, -0.1) is 0 Å². The van der Waals surface area contributed by atoms with Gasteiger partial charge in [-0.1, -0.05) is 158 Å². The minimum atomic E-state index is -0.869. The summed E-state index contributed by atoms with van der Waals surface area (Å²) in [5.74, 6) is -1.74. The molecular formula is C49H30F2. The second-order valence-electron chi connectivity index (χ2n) is 13.5. The predicted octanol–water partition coefficient (Wildman–Crippen LogP) is 13.1. The van der Waals surface area contributed by atoms with E-state index < -0.39 is 17.0 Å². The number of rotatable bonds is 4. The van der Waals surface area contributed by atoms with Gasteiger partial charge in [0.15, 0.2) is 11.6 Å². The molecule has 1 aliphatic carbocycles. The van der Waals surface area contributed by atoms with Gasteiger partial charge in [0, 0.05) is 0 Å². The molecule has 0 saturated heterocycles. The van der Waals surface area contributed by atoms with Crippen molar-refractivity contribution in [3.63, 3.8) is 0 Å². The molecule has 2 heteroatoms. The Kier molecular flexibility index (Phi) is 6.56. The molecule has 0 amide bonds. The van der Waals surface area contributed by atoms with E-state index in [1.54, 1.807) is 0 Å². The second kappa shape index (κ2) is 11.3. The third-order valence-corrected chi connectivity index (χ3v) is 10.9. The van der Waals surface area contributed by atoms with Crippen LogP contribution < -0.4 is 0 Å². The molecule has 0 N–H and O–H groups in total. The van der Waals surface area contributed by atoms with Crippen LogP contribution >= 0.6 is 0 Å². The third kappa shape index (κ3) is 4.30. The average molecular weight is 657 g/mol. The molecule has 0 radical (unpaired) electrons. The fraction of sp³-hybridized carbons (Fsp3) is 0.0204. The van der Waals surface area contributed by atoms with Crippen LogP contribution in [0.2, 0.25) is 0 Å². The summed E-state index contributed by atoms with van der Waals surface area (Å²) in [7, 11) is 0. The Morgan fingerprint density at radius 3 is 1.61 bits per heavy atom. The van der Waals surface area contributed by atoms with Gasteiger partial charge in [0.2, 0.25) is 0 Å². The maximum Gasteiger partial charge on any atom is 0.159 e. The summed E-state index contributed by atoms with van der Waals surface area (Å²) in [5.41, 5.74) is 9.30. The quantitative estimate of drug-likeness (QED) is 0.165. The molecule has 51 heavy (non-hydrogen) atoms. The van der Waals surface area contributed by atoms with Crippen LogP contribution in [0.3, 0.4) is 0 Å². The van der Waals surface area contributed by atoms with Crippen molar-refractivity contribution in [2.75, 3.05) is 0 Å². The number of hydrogen-bond donors (Lipinski definition) is 0. The topological polar surface area (TPSA) is 0 Å². The lowest BCUT2D eigenvalue weighted by Gasteiger charge is -2.34. The van der Waals surface area contributed by atoms with Crippen molar-refractivity contribution in [2.45, 2.75) is 5.41 Å². The van der Waals surface area contributed by atoms with Crippen molar-refractivity contribution >= 4 is 32.3 Å². The first-order valence-corrected chi connectivity index (χ1v) is 17.3. The summed E-state index contributed by atoms with van der Waals surface area (Å²) in [6.45, 7) is 0. The maximum atomic E-state index is 15.5. The van der Waals surface area contributed by atoms with E-state index in [-0.39, 0.29) is 0 Å². The Bertz CT molecular complexity index is 2780. The van der Waals surface area contributed by atoms with Crippen LogP contribution in [-0.4, -0.2) is 0 Å². The van der Waals surface area contributed by atoms with Crippen LogP contribution in [0.15, 0.2) is 182 Å². The van der Waals surface area contributed by atoms with Gasteiger partial charge in [-0.05, 0) is 112 Å². The molecule has 9 aromatic carbocycles. The summed E-state index contributed by atoms with van der Waals surface area (Å²) >= 11 is 0. The van der Waals surface area contributed by atoms with Crippen molar-refractivity contribution in [1.29, 1.82) is 0 Å². The molecule has 0 fully saturated rings. The molecule has 0 nitrogen and oxygen atoms in total. The van der Waals surface area contributed by atoms with Crippen molar-refractivity contribution in [2.24, 2.45) is 0 Å².